The lowest BCUT2D eigenvalue weighted by atomic mass is 10.1. The molecule has 0 bridgehead atoms. The highest BCUT2D eigenvalue weighted by molar-refractivity contribution is 8.18. The highest BCUT2D eigenvalue weighted by atomic mass is 35.5. The lowest BCUT2D eigenvalue weighted by molar-refractivity contribution is -0.115. The van der Waals surface area contributed by atoms with Crippen molar-refractivity contribution in [2.24, 2.45) is 0 Å². The highest BCUT2D eigenvalue weighted by Crippen LogP contribution is 2.31. The summed E-state index contributed by atoms with van der Waals surface area (Å²) in [7, 11) is 0. The number of aromatic nitrogens is 2. The Bertz CT molecular complexity index is 1090. The summed E-state index contributed by atoms with van der Waals surface area (Å²) in [6, 6.07) is 7.67. The van der Waals surface area contributed by atoms with Gasteiger partial charge in [0.1, 0.15) is 11.6 Å². The number of thioether (sulfide) groups is 1. The van der Waals surface area contributed by atoms with Crippen LogP contribution >= 0.6 is 35.0 Å². The van der Waals surface area contributed by atoms with Crippen LogP contribution in [0, 0.1) is 5.82 Å². The summed E-state index contributed by atoms with van der Waals surface area (Å²) in [5, 5.41) is 2.44. The Hall–Kier alpha value is -2.35. The molecule has 26 heavy (non-hydrogen) atoms. The van der Waals surface area contributed by atoms with Gasteiger partial charge in [-0.25, -0.2) is 9.37 Å². The third-order valence-electron chi connectivity index (χ3n) is 3.71. The van der Waals surface area contributed by atoms with E-state index in [1.807, 2.05) is 0 Å². The standard InChI is InChI=1S/C17H8Cl2FN3O2S/c18-9-5-12-13(6-10(9)19)22-15(21-12)8-2-1-7(3-11(8)20)4-14-16(24)23-17(25)26-14/h1-6H,(H,21,22)(H,23,24,25). The third kappa shape index (κ3) is 3.09. The van der Waals surface area contributed by atoms with Crippen molar-refractivity contribution < 1.29 is 14.0 Å². The summed E-state index contributed by atoms with van der Waals surface area (Å²) in [4.78, 5) is 30.3. The molecule has 1 aromatic heterocycles. The number of benzene rings is 2. The molecule has 130 valence electrons. The fraction of sp³-hybridized carbons (Fsp3) is 0. The minimum Gasteiger partial charge on any atom is -0.338 e. The number of halogens is 3. The van der Waals surface area contributed by atoms with Crippen LogP contribution in [0.25, 0.3) is 28.5 Å². The van der Waals surface area contributed by atoms with E-state index in [4.69, 9.17) is 23.2 Å². The zero-order valence-electron chi connectivity index (χ0n) is 12.8. The Morgan fingerprint density at radius 2 is 1.88 bits per heavy atom. The second kappa shape index (κ2) is 6.42. The van der Waals surface area contributed by atoms with Crippen molar-refractivity contribution in [2.75, 3.05) is 0 Å². The quantitative estimate of drug-likeness (QED) is 0.586. The number of fused-ring (bicyclic) bond motifs is 1. The second-order valence-electron chi connectivity index (χ2n) is 5.46. The number of nitrogens with zero attached hydrogens (tertiary/aromatic N) is 1. The summed E-state index contributed by atoms with van der Waals surface area (Å²) in [5.41, 5.74) is 1.92. The minimum absolute atomic E-state index is 0.218. The van der Waals surface area contributed by atoms with Gasteiger partial charge in [-0.2, -0.15) is 0 Å². The molecule has 3 aromatic rings. The Morgan fingerprint density at radius 1 is 1.12 bits per heavy atom. The molecule has 0 saturated carbocycles. The molecule has 2 heterocycles. The van der Waals surface area contributed by atoms with Crippen molar-refractivity contribution in [2.45, 2.75) is 0 Å². The predicted octanol–water partition coefficient (Wildman–Crippen LogP) is 5.00. The normalized spacial score (nSPS) is 15.9. The maximum Gasteiger partial charge on any atom is 0.290 e. The predicted molar refractivity (Wildman–Crippen MR) is 101 cm³/mol. The third-order valence-corrected chi connectivity index (χ3v) is 5.24. The molecule has 1 saturated heterocycles. The van der Waals surface area contributed by atoms with E-state index >= 15 is 0 Å². The van der Waals surface area contributed by atoms with Crippen LogP contribution in [0.3, 0.4) is 0 Å². The van der Waals surface area contributed by atoms with Gasteiger partial charge in [0.2, 0.25) is 0 Å². The lowest BCUT2D eigenvalue weighted by Gasteiger charge is -2.01. The Kier molecular flexibility index (Phi) is 4.22. The Labute approximate surface area is 160 Å². The van der Waals surface area contributed by atoms with Crippen molar-refractivity contribution in [3.05, 3.63) is 56.7 Å². The molecular formula is C17H8Cl2FN3O2S. The van der Waals surface area contributed by atoms with Gasteiger partial charge in [-0.3, -0.25) is 14.9 Å². The van der Waals surface area contributed by atoms with E-state index in [1.54, 1.807) is 24.3 Å². The van der Waals surface area contributed by atoms with Crippen LogP contribution in [0.4, 0.5) is 9.18 Å². The fourth-order valence-electron chi connectivity index (χ4n) is 2.52. The molecule has 2 N–H and O–H groups in total. The molecule has 0 unspecified atom stereocenters. The average molecular weight is 408 g/mol. The van der Waals surface area contributed by atoms with Gasteiger partial charge in [-0.05, 0) is 47.7 Å². The van der Waals surface area contributed by atoms with Gasteiger partial charge in [-0.15, -0.1) is 0 Å². The number of nitrogens with one attached hydrogen (secondary N) is 2. The van der Waals surface area contributed by atoms with Crippen LogP contribution in [0.5, 0.6) is 0 Å². The van der Waals surface area contributed by atoms with Crippen LogP contribution in [-0.2, 0) is 4.79 Å². The molecule has 2 aromatic carbocycles. The van der Waals surface area contributed by atoms with Crippen LogP contribution in [0.2, 0.25) is 10.0 Å². The summed E-state index contributed by atoms with van der Waals surface area (Å²) in [6.45, 7) is 0. The first-order valence-electron chi connectivity index (χ1n) is 7.30. The number of carbonyl (C=O) groups is 2. The fourth-order valence-corrected chi connectivity index (χ4v) is 3.52. The topological polar surface area (TPSA) is 74.8 Å². The SMILES string of the molecule is O=C1NC(=O)C(=Cc2ccc(-c3nc4cc(Cl)c(Cl)cc4[nH]3)c(F)c2)S1. The maximum atomic E-state index is 14.6. The second-order valence-corrected chi connectivity index (χ2v) is 7.29. The number of amides is 2. The molecule has 2 amide bonds. The van der Waals surface area contributed by atoms with Gasteiger partial charge in [-0.1, -0.05) is 29.3 Å². The smallest absolute Gasteiger partial charge is 0.290 e. The number of imide groups is 1. The Balaban J connectivity index is 1.71. The van der Waals surface area contributed by atoms with Gasteiger partial charge >= 0.3 is 0 Å². The number of hydrogen-bond acceptors (Lipinski definition) is 4. The van der Waals surface area contributed by atoms with Crippen molar-refractivity contribution in [3.63, 3.8) is 0 Å². The van der Waals surface area contributed by atoms with Crippen LogP contribution in [0.1, 0.15) is 5.56 Å². The largest absolute Gasteiger partial charge is 0.338 e. The summed E-state index contributed by atoms with van der Waals surface area (Å²) in [6.07, 6.45) is 1.45. The van der Waals surface area contributed by atoms with Crippen molar-refractivity contribution in [1.29, 1.82) is 0 Å². The Morgan fingerprint density at radius 3 is 2.58 bits per heavy atom. The zero-order chi connectivity index (χ0) is 18.4. The monoisotopic (exact) mass is 407 g/mol. The molecule has 0 atom stereocenters. The van der Waals surface area contributed by atoms with E-state index in [-0.39, 0.29) is 10.5 Å². The lowest BCUT2D eigenvalue weighted by Crippen LogP contribution is -2.17. The summed E-state index contributed by atoms with van der Waals surface area (Å²) in [5.74, 6) is -0.681. The van der Waals surface area contributed by atoms with E-state index < -0.39 is 17.0 Å². The van der Waals surface area contributed by atoms with Gasteiger partial charge < -0.3 is 4.98 Å². The van der Waals surface area contributed by atoms with Crippen LogP contribution in [-0.4, -0.2) is 21.1 Å². The molecular weight excluding hydrogens is 400 g/mol. The van der Waals surface area contributed by atoms with Crippen molar-refractivity contribution in [3.8, 4) is 11.4 Å². The number of hydrogen-bond donors (Lipinski definition) is 2. The minimum atomic E-state index is -0.523. The molecule has 4 rings (SSSR count). The molecule has 5 nitrogen and oxygen atoms in total. The van der Waals surface area contributed by atoms with E-state index in [0.29, 0.717) is 32.5 Å². The highest BCUT2D eigenvalue weighted by Gasteiger charge is 2.25. The summed E-state index contributed by atoms with van der Waals surface area (Å²) >= 11 is 12.7. The van der Waals surface area contributed by atoms with Gasteiger partial charge in [0.05, 0.1) is 31.5 Å². The van der Waals surface area contributed by atoms with E-state index in [2.05, 4.69) is 15.3 Å². The van der Waals surface area contributed by atoms with Gasteiger partial charge in [0.25, 0.3) is 11.1 Å². The van der Waals surface area contributed by atoms with Gasteiger partial charge in [0.15, 0.2) is 0 Å². The number of aromatic amines is 1. The van der Waals surface area contributed by atoms with Gasteiger partial charge in [0, 0.05) is 0 Å². The molecule has 0 spiro atoms. The average Bonchev–Trinajstić information content (AvgIpc) is 3.10. The zero-order valence-corrected chi connectivity index (χ0v) is 15.1. The van der Waals surface area contributed by atoms with Crippen molar-refractivity contribution >= 4 is 63.2 Å². The molecule has 0 aliphatic carbocycles. The van der Waals surface area contributed by atoms with E-state index in [1.165, 1.54) is 12.1 Å². The van der Waals surface area contributed by atoms with Crippen LogP contribution in [0.15, 0.2) is 35.2 Å². The first-order valence-corrected chi connectivity index (χ1v) is 8.87. The summed E-state index contributed by atoms with van der Waals surface area (Å²) < 4.78 is 14.6. The first kappa shape index (κ1) is 17.1. The van der Waals surface area contributed by atoms with E-state index in [0.717, 1.165) is 11.8 Å². The van der Waals surface area contributed by atoms with E-state index in [9.17, 15) is 14.0 Å². The van der Waals surface area contributed by atoms with Crippen LogP contribution < -0.4 is 5.32 Å². The maximum absolute atomic E-state index is 14.6. The molecule has 0 radical (unpaired) electrons. The van der Waals surface area contributed by atoms with Crippen molar-refractivity contribution in [1.82, 2.24) is 15.3 Å². The number of carbonyl (C=O) groups excluding carboxylic acids is 2. The molecule has 1 fully saturated rings. The molecule has 9 heteroatoms. The number of imidazole rings is 1. The number of rotatable bonds is 2. The molecule has 1 aliphatic heterocycles. The number of H-pyrrole nitrogens is 1. The first-order chi connectivity index (χ1) is 12.4. The molecule has 1 aliphatic rings.